The lowest BCUT2D eigenvalue weighted by Crippen LogP contribution is -2.22. The van der Waals surface area contributed by atoms with Gasteiger partial charge < -0.3 is 10.5 Å². The number of nitrogens with two attached hydrogens (primary N) is 1. The summed E-state index contributed by atoms with van der Waals surface area (Å²) in [5.41, 5.74) is 4.98. The highest BCUT2D eigenvalue weighted by molar-refractivity contribution is 5.76. The summed E-state index contributed by atoms with van der Waals surface area (Å²) >= 11 is 0. The zero-order valence-corrected chi connectivity index (χ0v) is 6.33. The first-order chi connectivity index (χ1) is 4.57. The molecule has 0 aliphatic carbocycles. The van der Waals surface area contributed by atoms with E-state index >= 15 is 0 Å². The molecule has 0 bridgehead atoms. The molecule has 58 valence electrons. The Labute approximate surface area is 60.6 Å². The summed E-state index contributed by atoms with van der Waals surface area (Å²) in [5, 5.41) is 0. The molecule has 0 aliphatic rings. The van der Waals surface area contributed by atoms with Gasteiger partial charge in [-0.05, 0) is 6.42 Å². The van der Waals surface area contributed by atoms with E-state index in [1.807, 2.05) is 0 Å². The molecule has 0 aromatic heterocycles. The van der Waals surface area contributed by atoms with Crippen LogP contribution < -0.4 is 5.73 Å². The molecule has 2 unspecified atom stereocenters. The average Bonchev–Trinajstić information content (AvgIpc) is 1.87. The molecule has 0 heterocycles. The third-order valence-electron chi connectivity index (χ3n) is 1.44. The van der Waals surface area contributed by atoms with E-state index in [1.54, 1.807) is 13.8 Å². The van der Waals surface area contributed by atoms with Gasteiger partial charge in [-0.15, -0.1) is 0 Å². The number of aldehydes is 1. The SMILES string of the molecule is CC(C=O)CC(C)C(N)=O. The van der Waals surface area contributed by atoms with Gasteiger partial charge >= 0.3 is 0 Å². The van der Waals surface area contributed by atoms with E-state index in [4.69, 9.17) is 5.73 Å². The molecule has 2 atom stereocenters. The molecule has 3 nitrogen and oxygen atoms in total. The van der Waals surface area contributed by atoms with E-state index in [2.05, 4.69) is 0 Å². The Hall–Kier alpha value is -0.860. The van der Waals surface area contributed by atoms with Crippen LogP contribution in [0.3, 0.4) is 0 Å². The lowest BCUT2D eigenvalue weighted by molar-refractivity contribution is -0.122. The summed E-state index contributed by atoms with van der Waals surface area (Å²) in [6.45, 7) is 3.49. The fraction of sp³-hybridized carbons (Fsp3) is 0.714. The normalized spacial score (nSPS) is 15.8. The Morgan fingerprint density at radius 2 is 2.10 bits per heavy atom. The first-order valence-electron chi connectivity index (χ1n) is 3.32. The van der Waals surface area contributed by atoms with E-state index in [1.165, 1.54) is 0 Å². The van der Waals surface area contributed by atoms with Crippen LogP contribution in [-0.2, 0) is 9.59 Å². The summed E-state index contributed by atoms with van der Waals surface area (Å²) in [5.74, 6) is -0.601. The van der Waals surface area contributed by atoms with Crippen molar-refractivity contribution in [2.75, 3.05) is 0 Å². The number of carbonyl (C=O) groups excluding carboxylic acids is 2. The van der Waals surface area contributed by atoms with E-state index in [-0.39, 0.29) is 17.7 Å². The standard InChI is InChI=1S/C7H13NO2/c1-5(4-9)3-6(2)7(8)10/h4-6H,3H2,1-2H3,(H2,8,10). The van der Waals surface area contributed by atoms with Gasteiger partial charge in [0.05, 0.1) is 0 Å². The summed E-state index contributed by atoms with van der Waals surface area (Å²) in [4.78, 5) is 20.6. The van der Waals surface area contributed by atoms with Crippen molar-refractivity contribution in [1.82, 2.24) is 0 Å². The monoisotopic (exact) mass is 143 g/mol. The number of primary amides is 1. The van der Waals surface area contributed by atoms with Crippen LogP contribution in [0.15, 0.2) is 0 Å². The molecule has 0 saturated heterocycles. The molecular weight excluding hydrogens is 130 g/mol. The second kappa shape index (κ2) is 4.04. The van der Waals surface area contributed by atoms with Crippen molar-refractivity contribution in [3.63, 3.8) is 0 Å². The molecule has 3 heteroatoms. The van der Waals surface area contributed by atoms with Crippen molar-refractivity contribution in [2.45, 2.75) is 20.3 Å². The van der Waals surface area contributed by atoms with Crippen molar-refractivity contribution < 1.29 is 9.59 Å². The highest BCUT2D eigenvalue weighted by atomic mass is 16.1. The van der Waals surface area contributed by atoms with E-state index < -0.39 is 0 Å². The third kappa shape index (κ3) is 3.22. The minimum absolute atomic E-state index is 0.0671. The zero-order valence-electron chi connectivity index (χ0n) is 6.33. The smallest absolute Gasteiger partial charge is 0.220 e. The Morgan fingerprint density at radius 3 is 2.40 bits per heavy atom. The fourth-order valence-corrected chi connectivity index (χ4v) is 0.729. The summed E-state index contributed by atoms with van der Waals surface area (Å²) in [6.07, 6.45) is 1.39. The molecule has 0 aromatic carbocycles. The van der Waals surface area contributed by atoms with E-state index in [0.717, 1.165) is 6.29 Å². The Kier molecular flexibility index (Phi) is 3.69. The van der Waals surface area contributed by atoms with Crippen LogP contribution in [0.1, 0.15) is 20.3 Å². The molecule has 0 fully saturated rings. The number of amides is 1. The van der Waals surface area contributed by atoms with Crippen molar-refractivity contribution in [1.29, 1.82) is 0 Å². The van der Waals surface area contributed by atoms with Gasteiger partial charge in [0, 0.05) is 11.8 Å². The topological polar surface area (TPSA) is 60.2 Å². The van der Waals surface area contributed by atoms with Crippen LogP contribution >= 0.6 is 0 Å². The Balaban J connectivity index is 3.67. The largest absolute Gasteiger partial charge is 0.369 e. The van der Waals surface area contributed by atoms with Gasteiger partial charge in [-0.3, -0.25) is 4.79 Å². The van der Waals surface area contributed by atoms with E-state index in [0.29, 0.717) is 6.42 Å². The lowest BCUT2D eigenvalue weighted by atomic mass is 9.98. The molecule has 0 aromatic rings. The zero-order chi connectivity index (χ0) is 8.15. The summed E-state index contributed by atoms with van der Waals surface area (Å²) in [7, 11) is 0. The molecule has 0 aliphatic heterocycles. The Bertz CT molecular complexity index is 134. The highest BCUT2D eigenvalue weighted by Gasteiger charge is 2.11. The maximum Gasteiger partial charge on any atom is 0.220 e. The average molecular weight is 143 g/mol. The number of carbonyl (C=O) groups is 2. The first kappa shape index (κ1) is 9.14. The molecule has 1 amide bonds. The molecule has 0 spiro atoms. The maximum atomic E-state index is 10.5. The van der Waals surface area contributed by atoms with Gasteiger partial charge in [-0.2, -0.15) is 0 Å². The van der Waals surface area contributed by atoms with E-state index in [9.17, 15) is 9.59 Å². The maximum absolute atomic E-state index is 10.5. The van der Waals surface area contributed by atoms with Gasteiger partial charge in [-0.25, -0.2) is 0 Å². The van der Waals surface area contributed by atoms with Gasteiger partial charge in [0.1, 0.15) is 6.29 Å². The number of hydrogen-bond acceptors (Lipinski definition) is 2. The van der Waals surface area contributed by atoms with Crippen molar-refractivity contribution in [3.05, 3.63) is 0 Å². The van der Waals surface area contributed by atoms with Crippen molar-refractivity contribution in [3.8, 4) is 0 Å². The lowest BCUT2D eigenvalue weighted by Gasteiger charge is -2.07. The quantitative estimate of drug-likeness (QED) is 0.576. The second-order valence-electron chi connectivity index (χ2n) is 2.65. The van der Waals surface area contributed by atoms with Gasteiger partial charge in [-0.1, -0.05) is 13.8 Å². The molecule has 2 N–H and O–H groups in total. The minimum atomic E-state index is -0.339. The number of rotatable bonds is 4. The fourth-order valence-electron chi connectivity index (χ4n) is 0.729. The molecular formula is C7H13NO2. The Morgan fingerprint density at radius 1 is 1.60 bits per heavy atom. The molecule has 0 radical (unpaired) electrons. The summed E-state index contributed by atoms with van der Waals surface area (Å²) < 4.78 is 0. The minimum Gasteiger partial charge on any atom is -0.369 e. The van der Waals surface area contributed by atoms with Crippen molar-refractivity contribution >= 4 is 12.2 Å². The molecule has 10 heavy (non-hydrogen) atoms. The predicted molar refractivity (Wildman–Crippen MR) is 38.2 cm³/mol. The van der Waals surface area contributed by atoms with Crippen molar-refractivity contribution in [2.24, 2.45) is 17.6 Å². The van der Waals surface area contributed by atoms with Crippen LogP contribution in [0.5, 0.6) is 0 Å². The van der Waals surface area contributed by atoms with Crippen LogP contribution in [0.4, 0.5) is 0 Å². The van der Waals surface area contributed by atoms with Crippen LogP contribution in [0.2, 0.25) is 0 Å². The highest BCUT2D eigenvalue weighted by Crippen LogP contribution is 2.08. The van der Waals surface area contributed by atoms with Gasteiger partial charge in [0.15, 0.2) is 0 Å². The summed E-state index contributed by atoms with van der Waals surface area (Å²) in [6, 6.07) is 0. The van der Waals surface area contributed by atoms with Crippen LogP contribution in [0.25, 0.3) is 0 Å². The predicted octanol–water partition coefficient (Wildman–Crippen LogP) is 0.333. The van der Waals surface area contributed by atoms with Gasteiger partial charge in [0.2, 0.25) is 5.91 Å². The number of hydrogen-bond donors (Lipinski definition) is 1. The first-order valence-corrected chi connectivity index (χ1v) is 3.32. The van der Waals surface area contributed by atoms with Crippen LogP contribution in [0, 0.1) is 11.8 Å². The second-order valence-corrected chi connectivity index (χ2v) is 2.65. The van der Waals surface area contributed by atoms with Gasteiger partial charge in [0.25, 0.3) is 0 Å². The molecule has 0 rings (SSSR count). The molecule has 0 saturated carbocycles. The van der Waals surface area contributed by atoms with Crippen LogP contribution in [-0.4, -0.2) is 12.2 Å². The third-order valence-corrected chi connectivity index (χ3v) is 1.44.